The SMILES string of the molecule is Cc1ccc2c(c1)C1(CCN(C)CC1)CN2C(=O)Nc1ccc(Cl)c(Cl)c1. The fourth-order valence-corrected chi connectivity index (χ4v) is 4.50. The highest BCUT2D eigenvalue weighted by Crippen LogP contribution is 2.47. The number of nitrogens with zero attached hydrogens (tertiary/aromatic N) is 2. The molecule has 2 aliphatic rings. The minimum atomic E-state index is -0.130. The summed E-state index contributed by atoms with van der Waals surface area (Å²) in [5.74, 6) is 0. The van der Waals surface area contributed by atoms with E-state index in [-0.39, 0.29) is 11.4 Å². The Balaban J connectivity index is 1.63. The molecule has 142 valence electrons. The van der Waals surface area contributed by atoms with Gasteiger partial charge in [0.25, 0.3) is 0 Å². The normalized spacial score (nSPS) is 18.6. The Labute approximate surface area is 170 Å². The number of carbonyl (C=O) groups excluding carboxylic acids is 1. The number of rotatable bonds is 1. The molecular formula is C21H23Cl2N3O. The Morgan fingerprint density at radius 1 is 1.07 bits per heavy atom. The quantitative estimate of drug-likeness (QED) is 0.699. The van der Waals surface area contributed by atoms with E-state index in [0.29, 0.717) is 22.3 Å². The lowest BCUT2D eigenvalue weighted by Crippen LogP contribution is -2.45. The van der Waals surface area contributed by atoms with Crippen molar-refractivity contribution in [1.82, 2.24) is 4.90 Å². The first-order valence-electron chi connectivity index (χ1n) is 9.21. The molecule has 2 aromatic rings. The van der Waals surface area contributed by atoms with Gasteiger partial charge in [0.05, 0.1) is 10.0 Å². The summed E-state index contributed by atoms with van der Waals surface area (Å²) in [6.45, 7) is 4.93. The van der Waals surface area contributed by atoms with Crippen molar-refractivity contribution in [1.29, 1.82) is 0 Å². The maximum absolute atomic E-state index is 13.1. The van der Waals surface area contributed by atoms with E-state index in [9.17, 15) is 4.79 Å². The zero-order valence-corrected chi connectivity index (χ0v) is 17.1. The molecule has 0 aliphatic carbocycles. The maximum Gasteiger partial charge on any atom is 0.326 e. The molecule has 4 rings (SSSR count). The van der Waals surface area contributed by atoms with E-state index in [2.05, 4.69) is 42.4 Å². The molecule has 0 radical (unpaired) electrons. The van der Waals surface area contributed by atoms with Crippen LogP contribution in [-0.2, 0) is 5.41 Å². The number of aryl methyl sites for hydroxylation is 1. The predicted octanol–water partition coefficient (Wildman–Crippen LogP) is 5.32. The Bertz CT molecular complexity index is 891. The lowest BCUT2D eigenvalue weighted by molar-refractivity contribution is 0.196. The van der Waals surface area contributed by atoms with Crippen LogP contribution in [0.1, 0.15) is 24.0 Å². The van der Waals surface area contributed by atoms with E-state index >= 15 is 0 Å². The van der Waals surface area contributed by atoms with Crippen molar-refractivity contribution in [2.75, 3.05) is 36.9 Å². The summed E-state index contributed by atoms with van der Waals surface area (Å²) in [7, 11) is 2.16. The third-order valence-electron chi connectivity index (χ3n) is 5.84. The van der Waals surface area contributed by atoms with E-state index < -0.39 is 0 Å². The Morgan fingerprint density at radius 2 is 1.81 bits per heavy atom. The fourth-order valence-electron chi connectivity index (χ4n) is 4.20. The van der Waals surface area contributed by atoms with Gasteiger partial charge in [-0.25, -0.2) is 4.79 Å². The maximum atomic E-state index is 13.1. The number of halogens is 2. The van der Waals surface area contributed by atoms with Crippen LogP contribution in [0.2, 0.25) is 10.0 Å². The molecule has 0 aromatic heterocycles. The van der Waals surface area contributed by atoms with Gasteiger partial charge in [-0.3, -0.25) is 4.90 Å². The molecule has 2 aliphatic heterocycles. The Morgan fingerprint density at radius 3 is 2.52 bits per heavy atom. The number of nitrogens with one attached hydrogen (secondary N) is 1. The first kappa shape index (κ1) is 18.6. The molecule has 2 amide bonds. The largest absolute Gasteiger partial charge is 0.326 e. The Kier molecular flexibility index (Phi) is 4.83. The van der Waals surface area contributed by atoms with Crippen LogP contribution in [-0.4, -0.2) is 37.6 Å². The molecular weight excluding hydrogens is 381 g/mol. The molecule has 0 unspecified atom stereocenters. The minimum Gasteiger partial charge on any atom is -0.307 e. The zero-order valence-electron chi connectivity index (χ0n) is 15.6. The van der Waals surface area contributed by atoms with Crippen molar-refractivity contribution in [3.05, 3.63) is 57.6 Å². The topological polar surface area (TPSA) is 35.6 Å². The van der Waals surface area contributed by atoms with Crippen molar-refractivity contribution in [3.63, 3.8) is 0 Å². The second-order valence-electron chi connectivity index (χ2n) is 7.75. The number of carbonyl (C=O) groups is 1. The van der Waals surface area contributed by atoms with Crippen molar-refractivity contribution < 1.29 is 4.79 Å². The van der Waals surface area contributed by atoms with E-state index in [4.69, 9.17) is 23.2 Å². The lowest BCUT2D eigenvalue weighted by Gasteiger charge is -2.38. The van der Waals surface area contributed by atoms with Crippen LogP contribution in [0.4, 0.5) is 16.2 Å². The first-order chi connectivity index (χ1) is 12.9. The van der Waals surface area contributed by atoms with Gasteiger partial charge < -0.3 is 10.2 Å². The molecule has 6 heteroatoms. The molecule has 1 N–H and O–H groups in total. The van der Waals surface area contributed by atoms with E-state index in [1.807, 2.05) is 4.90 Å². The van der Waals surface area contributed by atoms with Crippen LogP contribution in [0.3, 0.4) is 0 Å². The first-order valence-corrected chi connectivity index (χ1v) is 9.97. The highest BCUT2D eigenvalue weighted by atomic mass is 35.5. The van der Waals surface area contributed by atoms with Crippen LogP contribution in [0.5, 0.6) is 0 Å². The van der Waals surface area contributed by atoms with Gasteiger partial charge >= 0.3 is 6.03 Å². The van der Waals surface area contributed by atoms with Crippen LogP contribution in [0.15, 0.2) is 36.4 Å². The standard InChI is InChI=1S/C21H23Cl2N3O/c1-14-3-6-19-16(11-14)21(7-9-25(2)10-8-21)13-26(19)20(27)24-15-4-5-17(22)18(23)12-15/h3-6,11-12H,7-10,13H2,1-2H3,(H,24,27). The molecule has 27 heavy (non-hydrogen) atoms. The van der Waals surface area contributed by atoms with Crippen LogP contribution < -0.4 is 10.2 Å². The van der Waals surface area contributed by atoms with Crippen LogP contribution in [0, 0.1) is 6.92 Å². The summed E-state index contributed by atoms with van der Waals surface area (Å²) >= 11 is 12.1. The summed E-state index contributed by atoms with van der Waals surface area (Å²) in [5, 5.41) is 3.88. The third kappa shape index (κ3) is 3.42. The highest BCUT2D eigenvalue weighted by Gasteiger charge is 2.46. The van der Waals surface area contributed by atoms with E-state index in [1.165, 1.54) is 11.1 Å². The van der Waals surface area contributed by atoms with Crippen molar-refractivity contribution >= 4 is 40.6 Å². The van der Waals surface area contributed by atoms with Crippen LogP contribution in [0.25, 0.3) is 0 Å². The molecule has 2 aromatic carbocycles. The summed E-state index contributed by atoms with van der Waals surface area (Å²) in [5.41, 5.74) is 4.25. The second-order valence-corrected chi connectivity index (χ2v) is 8.56. The van der Waals surface area contributed by atoms with Gasteiger partial charge in [-0.05, 0) is 69.7 Å². The number of amides is 2. The number of hydrogen-bond acceptors (Lipinski definition) is 2. The monoisotopic (exact) mass is 403 g/mol. The van der Waals surface area contributed by atoms with Gasteiger partial charge in [-0.1, -0.05) is 40.9 Å². The summed E-state index contributed by atoms with van der Waals surface area (Å²) in [4.78, 5) is 17.3. The number of likely N-dealkylation sites (tertiary alicyclic amines) is 1. The van der Waals surface area contributed by atoms with Gasteiger partial charge in [0.15, 0.2) is 0 Å². The zero-order chi connectivity index (χ0) is 19.2. The molecule has 1 saturated heterocycles. The number of hydrogen-bond donors (Lipinski definition) is 1. The van der Waals surface area contributed by atoms with Crippen molar-refractivity contribution in [2.24, 2.45) is 0 Å². The van der Waals surface area contributed by atoms with Crippen LogP contribution >= 0.6 is 23.2 Å². The smallest absolute Gasteiger partial charge is 0.307 e. The van der Waals surface area contributed by atoms with Gasteiger partial charge in [-0.2, -0.15) is 0 Å². The molecule has 2 heterocycles. The summed E-state index contributed by atoms with van der Waals surface area (Å²) < 4.78 is 0. The molecule has 0 bridgehead atoms. The van der Waals surface area contributed by atoms with E-state index in [0.717, 1.165) is 31.6 Å². The Hall–Kier alpha value is -1.75. The number of piperidine rings is 1. The minimum absolute atomic E-state index is 0.0445. The molecule has 1 fully saturated rings. The lowest BCUT2D eigenvalue weighted by atomic mass is 9.74. The van der Waals surface area contributed by atoms with E-state index in [1.54, 1.807) is 18.2 Å². The van der Waals surface area contributed by atoms with Gasteiger partial charge in [-0.15, -0.1) is 0 Å². The molecule has 0 saturated carbocycles. The number of fused-ring (bicyclic) bond motifs is 2. The van der Waals surface area contributed by atoms with Gasteiger partial charge in [0.2, 0.25) is 0 Å². The third-order valence-corrected chi connectivity index (χ3v) is 6.57. The molecule has 0 atom stereocenters. The van der Waals surface area contributed by atoms with Gasteiger partial charge in [0.1, 0.15) is 0 Å². The highest BCUT2D eigenvalue weighted by molar-refractivity contribution is 6.42. The number of anilines is 2. The molecule has 1 spiro atoms. The second kappa shape index (κ2) is 7.01. The average molecular weight is 404 g/mol. The summed E-state index contributed by atoms with van der Waals surface area (Å²) in [6.07, 6.45) is 2.13. The molecule has 4 nitrogen and oxygen atoms in total. The number of benzene rings is 2. The van der Waals surface area contributed by atoms with Crippen molar-refractivity contribution in [3.8, 4) is 0 Å². The summed E-state index contributed by atoms with van der Waals surface area (Å²) in [6, 6.07) is 11.4. The predicted molar refractivity (Wildman–Crippen MR) is 112 cm³/mol. The average Bonchev–Trinajstić information content (AvgIpc) is 2.95. The van der Waals surface area contributed by atoms with Crippen molar-refractivity contribution in [2.45, 2.75) is 25.2 Å². The fraction of sp³-hybridized carbons (Fsp3) is 0.381. The number of urea groups is 1. The van der Waals surface area contributed by atoms with Gasteiger partial charge in [0, 0.05) is 23.3 Å².